The van der Waals surface area contributed by atoms with Crippen molar-refractivity contribution >= 4 is 33.7 Å². The topological polar surface area (TPSA) is 74.7 Å². The zero-order chi connectivity index (χ0) is 13.7. The van der Waals surface area contributed by atoms with E-state index in [1.807, 2.05) is 0 Å². The molecule has 1 fully saturated rings. The maximum atomic E-state index is 12.3. The highest BCUT2D eigenvalue weighted by Crippen LogP contribution is 2.39. The summed E-state index contributed by atoms with van der Waals surface area (Å²) < 4.78 is 0.688. The van der Waals surface area contributed by atoms with Gasteiger partial charge in [0.2, 0.25) is 0 Å². The molecule has 1 unspecified atom stereocenters. The van der Waals surface area contributed by atoms with Crippen LogP contribution in [0.5, 0.6) is 0 Å². The zero-order valence-electron chi connectivity index (χ0n) is 9.80. The smallest absolute Gasteiger partial charge is 0.327 e. The van der Waals surface area contributed by atoms with Gasteiger partial charge in [0.05, 0.1) is 11.1 Å². The van der Waals surface area contributed by atoms with Crippen LogP contribution in [0.2, 0.25) is 0 Å². The summed E-state index contributed by atoms with van der Waals surface area (Å²) in [4.78, 5) is 36.7. The third kappa shape index (κ3) is 1.87. The number of imide groups is 1. The van der Waals surface area contributed by atoms with Crippen LogP contribution in [0.3, 0.4) is 0 Å². The second-order valence-electron chi connectivity index (χ2n) is 4.79. The number of carbonyl (C=O) groups excluding carboxylic acids is 2. The van der Waals surface area contributed by atoms with Crippen molar-refractivity contribution in [1.29, 1.82) is 0 Å². The quantitative estimate of drug-likeness (QED) is 0.862. The van der Waals surface area contributed by atoms with Gasteiger partial charge in [0, 0.05) is 4.47 Å². The maximum Gasteiger partial charge on any atom is 0.327 e. The highest BCUT2D eigenvalue weighted by molar-refractivity contribution is 9.10. The molecule has 1 heterocycles. The average molecular weight is 324 g/mol. The molecule has 1 aromatic rings. The van der Waals surface area contributed by atoms with Gasteiger partial charge in [0.25, 0.3) is 11.8 Å². The van der Waals surface area contributed by atoms with Gasteiger partial charge in [-0.05, 0) is 37.0 Å². The first-order valence-corrected chi connectivity index (χ1v) is 6.70. The van der Waals surface area contributed by atoms with Crippen LogP contribution in [0.1, 0.15) is 33.6 Å². The lowest BCUT2D eigenvalue weighted by atomic mass is 10.1. The molecular weight excluding hydrogens is 314 g/mol. The lowest BCUT2D eigenvalue weighted by molar-refractivity contribution is -0.142. The Bertz CT molecular complexity index is 609. The molecule has 0 spiro atoms. The molecule has 1 aliphatic carbocycles. The number of carboxylic acid groups (broad SMARTS) is 1. The minimum absolute atomic E-state index is 0.108. The van der Waals surface area contributed by atoms with Crippen molar-refractivity contribution in [2.45, 2.75) is 18.9 Å². The molecule has 1 saturated carbocycles. The fraction of sp³-hybridized carbons (Fsp3) is 0.308. The first kappa shape index (κ1) is 12.3. The van der Waals surface area contributed by atoms with E-state index in [4.69, 9.17) is 0 Å². The van der Waals surface area contributed by atoms with Crippen molar-refractivity contribution in [3.63, 3.8) is 0 Å². The normalized spacial score (nSPS) is 19.5. The molecule has 0 aromatic heterocycles. The summed E-state index contributed by atoms with van der Waals surface area (Å²) in [6, 6.07) is 3.74. The summed E-state index contributed by atoms with van der Waals surface area (Å²) >= 11 is 3.24. The van der Waals surface area contributed by atoms with Crippen LogP contribution < -0.4 is 0 Å². The maximum absolute atomic E-state index is 12.3. The minimum atomic E-state index is -1.11. The number of hydrogen-bond acceptors (Lipinski definition) is 3. The van der Waals surface area contributed by atoms with Crippen molar-refractivity contribution < 1.29 is 19.5 Å². The van der Waals surface area contributed by atoms with Crippen LogP contribution in [-0.4, -0.2) is 33.8 Å². The average Bonchev–Trinajstić information content (AvgIpc) is 3.14. The van der Waals surface area contributed by atoms with E-state index in [9.17, 15) is 19.5 Å². The van der Waals surface area contributed by atoms with Gasteiger partial charge in [0.1, 0.15) is 6.04 Å². The second kappa shape index (κ2) is 4.16. The van der Waals surface area contributed by atoms with Crippen LogP contribution in [0.4, 0.5) is 0 Å². The lowest BCUT2D eigenvalue weighted by Gasteiger charge is -2.21. The van der Waals surface area contributed by atoms with E-state index in [1.54, 1.807) is 18.2 Å². The van der Waals surface area contributed by atoms with E-state index in [-0.39, 0.29) is 17.0 Å². The molecule has 1 aliphatic heterocycles. The molecule has 1 atom stereocenters. The van der Waals surface area contributed by atoms with Crippen LogP contribution in [0.25, 0.3) is 0 Å². The van der Waals surface area contributed by atoms with Gasteiger partial charge < -0.3 is 5.11 Å². The molecule has 1 aromatic carbocycles. The summed E-state index contributed by atoms with van der Waals surface area (Å²) in [5.41, 5.74) is 0.548. The van der Waals surface area contributed by atoms with Gasteiger partial charge in [0.15, 0.2) is 0 Å². The van der Waals surface area contributed by atoms with Crippen LogP contribution in [0, 0.1) is 5.92 Å². The molecule has 2 amide bonds. The van der Waals surface area contributed by atoms with Gasteiger partial charge in [-0.1, -0.05) is 15.9 Å². The van der Waals surface area contributed by atoms with Crippen molar-refractivity contribution in [3.05, 3.63) is 33.8 Å². The summed E-state index contributed by atoms with van der Waals surface area (Å²) in [5, 5.41) is 9.26. The molecule has 2 aliphatic rings. The van der Waals surface area contributed by atoms with Gasteiger partial charge in [-0.3, -0.25) is 14.5 Å². The number of rotatable bonds is 3. The molecule has 3 rings (SSSR count). The number of carbonyl (C=O) groups is 3. The summed E-state index contributed by atoms with van der Waals surface area (Å²) in [5.74, 6) is -2.24. The number of halogens is 1. The van der Waals surface area contributed by atoms with Gasteiger partial charge in [-0.2, -0.15) is 0 Å². The van der Waals surface area contributed by atoms with E-state index < -0.39 is 23.8 Å². The largest absolute Gasteiger partial charge is 0.480 e. The molecular formula is C13H10BrNO4. The van der Waals surface area contributed by atoms with E-state index in [0.29, 0.717) is 4.47 Å². The van der Waals surface area contributed by atoms with Gasteiger partial charge >= 0.3 is 5.97 Å². The Hall–Kier alpha value is -1.69. The Kier molecular flexibility index (Phi) is 2.70. The predicted molar refractivity (Wildman–Crippen MR) is 68.8 cm³/mol. The van der Waals surface area contributed by atoms with E-state index in [2.05, 4.69) is 15.9 Å². The number of aliphatic carboxylic acids is 1. The molecule has 0 bridgehead atoms. The van der Waals surface area contributed by atoms with E-state index in [0.717, 1.165) is 17.7 Å². The van der Waals surface area contributed by atoms with Crippen molar-refractivity contribution in [1.82, 2.24) is 4.90 Å². The highest BCUT2D eigenvalue weighted by atomic mass is 79.9. The molecule has 6 heteroatoms. The van der Waals surface area contributed by atoms with Gasteiger partial charge in [-0.15, -0.1) is 0 Å². The number of benzene rings is 1. The first-order chi connectivity index (χ1) is 9.00. The van der Waals surface area contributed by atoms with Crippen molar-refractivity contribution in [2.24, 2.45) is 5.92 Å². The summed E-state index contributed by atoms with van der Waals surface area (Å²) in [7, 11) is 0. The Morgan fingerprint density at radius 3 is 2.47 bits per heavy atom. The van der Waals surface area contributed by atoms with Crippen LogP contribution in [0.15, 0.2) is 22.7 Å². The fourth-order valence-electron chi connectivity index (χ4n) is 2.42. The van der Waals surface area contributed by atoms with Crippen molar-refractivity contribution in [2.75, 3.05) is 0 Å². The number of fused-ring (bicyclic) bond motifs is 1. The van der Waals surface area contributed by atoms with Gasteiger partial charge in [-0.25, -0.2) is 4.79 Å². The molecule has 19 heavy (non-hydrogen) atoms. The molecule has 0 saturated heterocycles. The predicted octanol–water partition coefficient (Wildman–Crippen LogP) is 1.91. The molecule has 0 radical (unpaired) electrons. The molecule has 1 N–H and O–H groups in total. The Morgan fingerprint density at radius 1 is 1.26 bits per heavy atom. The lowest BCUT2D eigenvalue weighted by Crippen LogP contribution is -2.46. The van der Waals surface area contributed by atoms with Crippen LogP contribution >= 0.6 is 15.9 Å². The van der Waals surface area contributed by atoms with Crippen molar-refractivity contribution in [3.8, 4) is 0 Å². The number of amides is 2. The standard InChI is InChI=1S/C13H10BrNO4/c14-7-3-4-8-9(5-7)12(17)15(11(8)16)10(13(18)19)6-1-2-6/h3-6,10H,1-2H2,(H,18,19). The zero-order valence-corrected chi connectivity index (χ0v) is 11.4. The number of carboxylic acids is 1. The second-order valence-corrected chi connectivity index (χ2v) is 5.71. The minimum Gasteiger partial charge on any atom is -0.480 e. The monoisotopic (exact) mass is 323 g/mol. The Morgan fingerprint density at radius 2 is 1.89 bits per heavy atom. The summed E-state index contributed by atoms with van der Waals surface area (Å²) in [6.45, 7) is 0. The first-order valence-electron chi connectivity index (χ1n) is 5.91. The van der Waals surface area contributed by atoms with Crippen LogP contribution in [-0.2, 0) is 4.79 Å². The third-order valence-electron chi connectivity index (χ3n) is 3.48. The number of nitrogens with zero attached hydrogens (tertiary/aromatic N) is 1. The Labute approximate surface area is 117 Å². The highest BCUT2D eigenvalue weighted by Gasteiger charge is 2.49. The fourth-order valence-corrected chi connectivity index (χ4v) is 2.78. The molecule has 5 nitrogen and oxygen atoms in total. The van der Waals surface area contributed by atoms with E-state index >= 15 is 0 Å². The van der Waals surface area contributed by atoms with E-state index in [1.165, 1.54) is 0 Å². The number of hydrogen-bond donors (Lipinski definition) is 1. The SMILES string of the molecule is O=C(O)C(C1CC1)N1C(=O)c2ccc(Br)cc2C1=O. The third-order valence-corrected chi connectivity index (χ3v) is 3.97. The Balaban J connectivity index is 2.04. The summed E-state index contributed by atoms with van der Waals surface area (Å²) in [6.07, 6.45) is 1.49. The molecule has 98 valence electrons.